The molecular weight excluding hydrogens is 350 g/mol. The van der Waals surface area contributed by atoms with E-state index in [4.69, 9.17) is 14.0 Å². The van der Waals surface area contributed by atoms with Gasteiger partial charge in [0.05, 0.1) is 25.3 Å². The molecule has 0 saturated carbocycles. The first-order valence-corrected chi connectivity index (χ1v) is 8.07. The molecule has 0 N–H and O–H groups in total. The predicted octanol–water partition coefficient (Wildman–Crippen LogP) is 3.49. The van der Waals surface area contributed by atoms with E-state index in [-0.39, 0.29) is 17.7 Å². The minimum absolute atomic E-state index is 0.0954. The summed E-state index contributed by atoms with van der Waals surface area (Å²) in [6, 6.07) is 15.3. The monoisotopic (exact) mass is 367 g/mol. The normalized spacial score (nSPS) is 10.3. The van der Waals surface area contributed by atoms with Crippen molar-refractivity contribution in [1.29, 1.82) is 0 Å². The molecule has 27 heavy (non-hydrogen) atoms. The molecule has 0 amide bonds. The minimum atomic E-state index is -0.651. The van der Waals surface area contributed by atoms with Crippen LogP contribution in [-0.4, -0.2) is 31.3 Å². The smallest absolute Gasteiger partial charge is 0.339 e. The molecule has 0 spiro atoms. The molecule has 138 valence electrons. The van der Waals surface area contributed by atoms with E-state index in [0.29, 0.717) is 17.2 Å². The van der Waals surface area contributed by atoms with Crippen LogP contribution in [0.25, 0.3) is 11.3 Å². The quantitative estimate of drug-likeness (QED) is 0.616. The number of hydrogen-bond donors (Lipinski definition) is 0. The van der Waals surface area contributed by atoms with Crippen molar-refractivity contribution in [1.82, 2.24) is 5.16 Å². The Balaban J connectivity index is 1.70. The SMILES string of the molecule is COC(=O)c1ccccc1C(=O)OCc1cc(-c2cccc(OC)c2)on1. The van der Waals surface area contributed by atoms with Crippen LogP contribution >= 0.6 is 0 Å². The topological polar surface area (TPSA) is 87.9 Å². The van der Waals surface area contributed by atoms with E-state index < -0.39 is 11.9 Å². The summed E-state index contributed by atoms with van der Waals surface area (Å²) in [5.41, 5.74) is 1.50. The lowest BCUT2D eigenvalue weighted by atomic mass is 10.1. The molecule has 0 aliphatic rings. The van der Waals surface area contributed by atoms with Crippen molar-refractivity contribution in [3.8, 4) is 17.1 Å². The Bertz CT molecular complexity index is 962. The van der Waals surface area contributed by atoms with Gasteiger partial charge in [-0.05, 0) is 24.3 Å². The average molecular weight is 367 g/mol. The molecule has 2 aromatic carbocycles. The molecule has 0 fully saturated rings. The van der Waals surface area contributed by atoms with Crippen molar-refractivity contribution in [3.05, 3.63) is 71.4 Å². The van der Waals surface area contributed by atoms with E-state index in [1.54, 1.807) is 25.3 Å². The molecule has 0 aliphatic heterocycles. The zero-order valence-corrected chi connectivity index (χ0v) is 14.8. The van der Waals surface area contributed by atoms with Gasteiger partial charge in [-0.1, -0.05) is 29.4 Å². The van der Waals surface area contributed by atoms with Crippen molar-refractivity contribution >= 4 is 11.9 Å². The van der Waals surface area contributed by atoms with Crippen LogP contribution < -0.4 is 4.74 Å². The number of methoxy groups -OCH3 is 2. The Morgan fingerprint density at radius 1 is 0.963 bits per heavy atom. The summed E-state index contributed by atoms with van der Waals surface area (Å²) >= 11 is 0. The zero-order valence-electron chi connectivity index (χ0n) is 14.8. The van der Waals surface area contributed by atoms with Gasteiger partial charge in [-0.2, -0.15) is 0 Å². The predicted molar refractivity (Wildman–Crippen MR) is 95.4 cm³/mol. The number of benzene rings is 2. The molecule has 0 unspecified atom stereocenters. The number of ether oxygens (including phenoxy) is 3. The first-order chi connectivity index (χ1) is 13.1. The molecule has 7 heteroatoms. The number of carbonyl (C=O) groups excluding carboxylic acids is 2. The van der Waals surface area contributed by atoms with Crippen LogP contribution in [0.5, 0.6) is 5.75 Å². The Hall–Kier alpha value is -3.61. The van der Waals surface area contributed by atoms with Crippen LogP contribution in [0, 0.1) is 0 Å². The maximum atomic E-state index is 12.3. The molecule has 3 rings (SSSR count). The Morgan fingerprint density at radius 3 is 2.41 bits per heavy atom. The maximum absolute atomic E-state index is 12.3. The maximum Gasteiger partial charge on any atom is 0.339 e. The summed E-state index contributed by atoms with van der Waals surface area (Å²) in [6.07, 6.45) is 0. The Labute approximate surface area is 155 Å². The summed E-state index contributed by atoms with van der Waals surface area (Å²) in [7, 11) is 2.83. The van der Waals surface area contributed by atoms with Gasteiger partial charge in [0.2, 0.25) is 0 Å². The largest absolute Gasteiger partial charge is 0.497 e. The minimum Gasteiger partial charge on any atom is -0.497 e. The summed E-state index contributed by atoms with van der Waals surface area (Å²) < 4.78 is 20.4. The summed E-state index contributed by atoms with van der Waals surface area (Å²) in [5, 5.41) is 3.90. The van der Waals surface area contributed by atoms with E-state index in [9.17, 15) is 9.59 Å². The van der Waals surface area contributed by atoms with Gasteiger partial charge in [0.25, 0.3) is 0 Å². The van der Waals surface area contributed by atoms with Crippen LogP contribution in [0.15, 0.2) is 59.1 Å². The lowest BCUT2D eigenvalue weighted by molar-refractivity contribution is 0.0450. The lowest BCUT2D eigenvalue weighted by Gasteiger charge is -2.07. The lowest BCUT2D eigenvalue weighted by Crippen LogP contribution is -2.12. The first kappa shape index (κ1) is 18.2. The van der Waals surface area contributed by atoms with E-state index in [0.717, 1.165) is 5.56 Å². The summed E-state index contributed by atoms with van der Waals surface area (Å²) in [6.45, 7) is -0.0954. The third kappa shape index (κ3) is 4.14. The van der Waals surface area contributed by atoms with Gasteiger partial charge < -0.3 is 18.7 Å². The molecule has 7 nitrogen and oxygen atoms in total. The summed E-state index contributed by atoms with van der Waals surface area (Å²) in [5.74, 6) is -0.0440. The highest BCUT2D eigenvalue weighted by molar-refractivity contribution is 6.03. The van der Waals surface area contributed by atoms with Crippen molar-refractivity contribution < 1.29 is 28.3 Å². The second kappa shape index (κ2) is 8.18. The molecule has 1 aromatic heterocycles. The fourth-order valence-corrected chi connectivity index (χ4v) is 2.46. The van der Waals surface area contributed by atoms with Crippen LogP contribution in [0.1, 0.15) is 26.4 Å². The summed E-state index contributed by atoms with van der Waals surface area (Å²) in [4.78, 5) is 24.1. The van der Waals surface area contributed by atoms with E-state index in [2.05, 4.69) is 9.89 Å². The standard InChI is InChI=1S/C20H17NO6/c1-24-15-7-5-6-13(10-15)18-11-14(21-27-18)12-26-20(23)17-9-4-3-8-16(17)19(22)25-2/h3-11H,12H2,1-2H3. The highest BCUT2D eigenvalue weighted by atomic mass is 16.5. The number of esters is 2. The third-order valence-corrected chi connectivity index (χ3v) is 3.82. The van der Waals surface area contributed by atoms with Gasteiger partial charge in [0.15, 0.2) is 5.76 Å². The number of hydrogen-bond acceptors (Lipinski definition) is 7. The van der Waals surface area contributed by atoms with Crippen LogP contribution in [0.4, 0.5) is 0 Å². The third-order valence-electron chi connectivity index (χ3n) is 3.82. The van der Waals surface area contributed by atoms with Gasteiger partial charge >= 0.3 is 11.9 Å². The zero-order chi connectivity index (χ0) is 19.2. The van der Waals surface area contributed by atoms with Crippen LogP contribution in [-0.2, 0) is 16.1 Å². The van der Waals surface area contributed by atoms with E-state index in [1.165, 1.54) is 19.2 Å². The molecule has 0 atom stereocenters. The van der Waals surface area contributed by atoms with Gasteiger partial charge in [-0.25, -0.2) is 9.59 Å². The molecular formula is C20H17NO6. The van der Waals surface area contributed by atoms with Gasteiger partial charge in [0.1, 0.15) is 18.1 Å². The number of rotatable bonds is 6. The van der Waals surface area contributed by atoms with Crippen LogP contribution in [0.2, 0.25) is 0 Å². The molecule has 0 bridgehead atoms. The Morgan fingerprint density at radius 2 is 1.70 bits per heavy atom. The van der Waals surface area contributed by atoms with Crippen LogP contribution in [0.3, 0.4) is 0 Å². The molecule has 0 radical (unpaired) electrons. The molecule has 1 heterocycles. The number of carbonyl (C=O) groups is 2. The van der Waals surface area contributed by atoms with E-state index in [1.807, 2.05) is 24.3 Å². The Kier molecular flexibility index (Phi) is 5.51. The van der Waals surface area contributed by atoms with Gasteiger partial charge in [-0.3, -0.25) is 0 Å². The van der Waals surface area contributed by atoms with Crippen molar-refractivity contribution in [2.45, 2.75) is 6.61 Å². The molecule has 3 aromatic rings. The number of aromatic nitrogens is 1. The second-order valence-corrected chi connectivity index (χ2v) is 5.53. The van der Waals surface area contributed by atoms with Crippen molar-refractivity contribution in [2.24, 2.45) is 0 Å². The highest BCUT2D eigenvalue weighted by Crippen LogP contribution is 2.24. The fourth-order valence-electron chi connectivity index (χ4n) is 2.46. The van der Waals surface area contributed by atoms with E-state index >= 15 is 0 Å². The molecule has 0 saturated heterocycles. The second-order valence-electron chi connectivity index (χ2n) is 5.53. The fraction of sp³-hybridized carbons (Fsp3) is 0.150. The van der Waals surface area contributed by atoms with Gasteiger partial charge in [-0.15, -0.1) is 0 Å². The van der Waals surface area contributed by atoms with Crippen molar-refractivity contribution in [3.63, 3.8) is 0 Å². The van der Waals surface area contributed by atoms with Crippen molar-refractivity contribution in [2.75, 3.05) is 14.2 Å². The average Bonchev–Trinajstić information content (AvgIpc) is 3.20. The highest BCUT2D eigenvalue weighted by Gasteiger charge is 2.19. The first-order valence-electron chi connectivity index (χ1n) is 8.07. The molecule has 0 aliphatic carbocycles. The van der Waals surface area contributed by atoms with Gasteiger partial charge in [0, 0.05) is 11.6 Å². The number of nitrogens with zero attached hydrogens (tertiary/aromatic N) is 1.